The number of likely N-dealkylation sites (tertiary alicyclic amines) is 1. The molecule has 7 nitrogen and oxygen atoms in total. The highest BCUT2D eigenvalue weighted by molar-refractivity contribution is 6.33. The Labute approximate surface area is 205 Å². The van der Waals surface area contributed by atoms with Gasteiger partial charge in [-0.2, -0.15) is 0 Å². The van der Waals surface area contributed by atoms with Gasteiger partial charge in [0.25, 0.3) is 0 Å². The summed E-state index contributed by atoms with van der Waals surface area (Å²) in [5.41, 5.74) is 1.23. The van der Waals surface area contributed by atoms with Crippen LogP contribution in [0.1, 0.15) is 61.5 Å². The average molecular weight is 487 g/mol. The Morgan fingerprint density at radius 2 is 1.76 bits per heavy atom. The molecule has 0 saturated carbocycles. The highest BCUT2D eigenvalue weighted by atomic mass is 35.5. The summed E-state index contributed by atoms with van der Waals surface area (Å²) in [6, 6.07) is 11.8. The van der Waals surface area contributed by atoms with E-state index < -0.39 is 23.6 Å². The van der Waals surface area contributed by atoms with Crippen molar-refractivity contribution in [2.24, 2.45) is 5.41 Å². The molecule has 1 atom stereocenters. The SMILES string of the molecule is CCCN(Cc1ccc(C)cc1)C(=O)N1C(=O)C(CC)(CC)[C@@H]1Oc1ccc(C(=O)O)c(Cl)c1. The molecular formula is C26H31ClN2O5. The molecule has 182 valence electrons. The lowest BCUT2D eigenvalue weighted by Crippen LogP contribution is -2.73. The van der Waals surface area contributed by atoms with Gasteiger partial charge in [-0.05, 0) is 49.9 Å². The minimum Gasteiger partial charge on any atom is -0.478 e. The van der Waals surface area contributed by atoms with Crippen LogP contribution in [-0.2, 0) is 11.3 Å². The predicted octanol–water partition coefficient (Wildman–Crippen LogP) is 5.73. The molecule has 1 aliphatic heterocycles. The summed E-state index contributed by atoms with van der Waals surface area (Å²) < 4.78 is 6.14. The van der Waals surface area contributed by atoms with Crippen LogP contribution in [0, 0.1) is 12.3 Å². The van der Waals surface area contributed by atoms with Crippen molar-refractivity contribution >= 4 is 29.5 Å². The fraction of sp³-hybridized carbons (Fsp3) is 0.423. The molecule has 0 bridgehead atoms. The number of aryl methyl sites for hydroxylation is 1. The van der Waals surface area contributed by atoms with Gasteiger partial charge in [-0.1, -0.05) is 62.2 Å². The van der Waals surface area contributed by atoms with E-state index in [2.05, 4.69) is 0 Å². The molecule has 3 rings (SSSR count). The van der Waals surface area contributed by atoms with Gasteiger partial charge < -0.3 is 14.7 Å². The van der Waals surface area contributed by atoms with Crippen LogP contribution in [-0.4, -0.2) is 45.6 Å². The van der Waals surface area contributed by atoms with Gasteiger partial charge in [0, 0.05) is 13.1 Å². The maximum atomic E-state index is 13.6. The van der Waals surface area contributed by atoms with E-state index >= 15 is 0 Å². The fourth-order valence-electron chi connectivity index (χ4n) is 4.34. The number of aromatic carboxylic acids is 1. The summed E-state index contributed by atoms with van der Waals surface area (Å²) in [6.45, 7) is 8.66. The molecule has 0 aromatic heterocycles. The Balaban J connectivity index is 1.89. The molecule has 2 aromatic carbocycles. The van der Waals surface area contributed by atoms with Crippen LogP contribution in [0.3, 0.4) is 0 Å². The summed E-state index contributed by atoms with van der Waals surface area (Å²) in [4.78, 5) is 41.0. The molecule has 1 saturated heterocycles. The van der Waals surface area contributed by atoms with Crippen molar-refractivity contribution in [1.82, 2.24) is 9.80 Å². The molecule has 1 fully saturated rings. The second-order valence-corrected chi connectivity index (χ2v) is 9.05. The molecule has 0 radical (unpaired) electrons. The number of carbonyl (C=O) groups excluding carboxylic acids is 2. The number of halogens is 1. The number of carboxylic acid groups (broad SMARTS) is 1. The van der Waals surface area contributed by atoms with Crippen molar-refractivity contribution in [3.05, 3.63) is 64.2 Å². The van der Waals surface area contributed by atoms with Crippen molar-refractivity contribution in [2.45, 2.75) is 59.7 Å². The van der Waals surface area contributed by atoms with Crippen molar-refractivity contribution in [3.8, 4) is 5.75 Å². The third kappa shape index (κ3) is 4.75. The average Bonchev–Trinajstić information content (AvgIpc) is 2.80. The lowest BCUT2D eigenvalue weighted by atomic mass is 9.72. The number of carbonyl (C=O) groups is 3. The number of carboxylic acids is 1. The lowest BCUT2D eigenvalue weighted by molar-refractivity contribution is -0.192. The quantitative estimate of drug-likeness (QED) is 0.457. The maximum Gasteiger partial charge on any atom is 0.337 e. The zero-order valence-corrected chi connectivity index (χ0v) is 20.8. The number of benzene rings is 2. The smallest absolute Gasteiger partial charge is 0.337 e. The second-order valence-electron chi connectivity index (χ2n) is 8.65. The number of ether oxygens (including phenoxy) is 1. The molecule has 34 heavy (non-hydrogen) atoms. The summed E-state index contributed by atoms with van der Waals surface area (Å²) in [6.07, 6.45) is 0.934. The molecule has 0 unspecified atom stereocenters. The zero-order valence-electron chi connectivity index (χ0n) is 20.0. The molecular weight excluding hydrogens is 456 g/mol. The van der Waals surface area contributed by atoms with Gasteiger partial charge in [-0.15, -0.1) is 0 Å². The Hall–Kier alpha value is -3.06. The van der Waals surface area contributed by atoms with Crippen molar-refractivity contribution in [2.75, 3.05) is 6.54 Å². The van der Waals surface area contributed by atoms with Gasteiger partial charge in [0.2, 0.25) is 5.91 Å². The van der Waals surface area contributed by atoms with Gasteiger partial charge in [0.15, 0.2) is 6.23 Å². The van der Waals surface area contributed by atoms with Gasteiger partial charge in [-0.25, -0.2) is 14.5 Å². The summed E-state index contributed by atoms with van der Waals surface area (Å²) in [7, 11) is 0. The van der Waals surface area contributed by atoms with E-state index in [4.69, 9.17) is 16.3 Å². The van der Waals surface area contributed by atoms with Gasteiger partial charge >= 0.3 is 12.0 Å². The topological polar surface area (TPSA) is 87.2 Å². The number of amides is 3. The Bertz CT molecular complexity index is 1070. The number of urea groups is 1. The number of β-lactam (4-membered cyclic amide) rings is 1. The summed E-state index contributed by atoms with van der Waals surface area (Å²) in [5, 5.41) is 9.25. The molecule has 1 aliphatic rings. The minimum atomic E-state index is -1.14. The maximum absolute atomic E-state index is 13.6. The summed E-state index contributed by atoms with van der Waals surface area (Å²) >= 11 is 6.11. The van der Waals surface area contributed by atoms with Gasteiger partial charge in [0.1, 0.15) is 11.2 Å². The lowest BCUT2D eigenvalue weighted by Gasteiger charge is -2.54. The van der Waals surface area contributed by atoms with Crippen LogP contribution in [0.5, 0.6) is 5.75 Å². The van der Waals surface area contributed by atoms with Gasteiger partial charge in [0.05, 0.1) is 10.6 Å². The number of hydrogen-bond donors (Lipinski definition) is 1. The normalized spacial score (nSPS) is 16.7. The van der Waals surface area contributed by atoms with Gasteiger partial charge in [-0.3, -0.25) is 4.79 Å². The largest absolute Gasteiger partial charge is 0.478 e. The first-order valence-electron chi connectivity index (χ1n) is 11.6. The van der Waals surface area contributed by atoms with Crippen LogP contribution in [0.15, 0.2) is 42.5 Å². The predicted molar refractivity (Wildman–Crippen MR) is 130 cm³/mol. The zero-order chi connectivity index (χ0) is 25.0. The first-order chi connectivity index (χ1) is 16.2. The fourth-order valence-corrected chi connectivity index (χ4v) is 4.59. The molecule has 8 heteroatoms. The molecule has 2 aromatic rings. The Morgan fingerprint density at radius 3 is 2.29 bits per heavy atom. The van der Waals surface area contributed by atoms with E-state index in [-0.39, 0.29) is 16.5 Å². The van der Waals surface area contributed by atoms with E-state index in [1.54, 1.807) is 4.90 Å². The Morgan fingerprint density at radius 1 is 1.12 bits per heavy atom. The van der Waals surface area contributed by atoms with Crippen LogP contribution in [0.2, 0.25) is 5.02 Å². The molecule has 0 aliphatic carbocycles. The number of imide groups is 1. The molecule has 0 spiro atoms. The van der Waals surface area contributed by atoms with Crippen LogP contribution >= 0.6 is 11.6 Å². The van der Waals surface area contributed by atoms with Crippen molar-refractivity contribution < 1.29 is 24.2 Å². The van der Waals surface area contributed by atoms with E-state index in [0.717, 1.165) is 17.5 Å². The second kappa shape index (κ2) is 10.5. The number of nitrogens with zero attached hydrogens (tertiary/aromatic N) is 2. The highest BCUT2D eigenvalue weighted by Crippen LogP contribution is 2.46. The van der Waals surface area contributed by atoms with E-state index in [0.29, 0.717) is 31.7 Å². The van der Waals surface area contributed by atoms with Crippen molar-refractivity contribution in [1.29, 1.82) is 0 Å². The number of hydrogen-bond acceptors (Lipinski definition) is 4. The molecule has 1 heterocycles. The first-order valence-corrected chi connectivity index (χ1v) is 11.9. The third-order valence-electron chi connectivity index (χ3n) is 6.50. The highest BCUT2D eigenvalue weighted by Gasteiger charge is 2.63. The summed E-state index contributed by atoms with van der Waals surface area (Å²) in [5.74, 6) is -1.10. The Kier molecular flexibility index (Phi) is 7.87. The van der Waals surface area contributed by atoms with E-state index in [1.165, 1.54) is 23.1 Å². The van der Waals surface area contributed by atoms with E-state index in [9.17, 15) is 19.5 Å². The third-order valence-corrected chi connectivity index (χ3v) is 6.81. The van der Waals surface area contributed by atoms with Crippen LogP contribution in [0.4, 0.5) is 4.79 Å². The van der Waals surface area contributed by atoms with Crippen LogP contribution in [0.25, 0.3) is 0 Å². The molecule has 3 amide bonds. The van der Waals surface area contributed by atoms with Crippen LogP contribution < -0.4 is 4.74 Å². The monoisotopic (exact) mass is 486 g/mol. The minimum absolute atomic E-state index is 0.0269. The van der Waals surface area contributed by atoms with E-state index in [1.807, 2.05) is 52.0 Å². The van der Waals surface area contributed by atoms with Crippen molar-refractivity contribution in [3.63, 3.8) is 0 Å². The first kappa shape index (κ1) is 25.6. The standard InChI is InChI=1S/C26H31ClN2O5/c1-5-14-28(16-18-10-8-17(4)9-11-18)25(33)29-23(32)26(6-2,7-3)24(29)34-19-12-13-20(22(30)31)21(27)15-19/h8-13,15,24H,5-7,14,16H2,1-4H3,(H,30,31)/t24-/m0/s1. The molecule has 1 N–H and O–H groups in total. The number of rotatable bonds is 9.